The lowest BCUT2D eigenvalue weighted by atomic mass is 9.97. The molecule has 34 heavy (non-hydrogen) atoms. The maximum atomic E-state index is 12.0. The number of rotatable bonds is 4. The molecule has 0 aromatic heterocycles. The zero-order valence-electron chi connectivity index (χ0n) is 18.9. The molecular formula is C25H28N2O6S. The Morgan fingerprint density at radius 1 is 0.941 bits per heavy atom. The Morgan fingerprint density at radius 3 is 2.15 bits per heavy atom. The van der Waals surface area contributed by atoms with Crippen LogP contribution in [-0.2, 0) is 20.7 Å². The Kier molecular flexibility index (Phi) is 9.12. The van der Waals surface area contributed by atoms with Crippen LogP contribution in [0, 0.1) is 0 Å². The Labute approximate surface area is 202 Å². The summed E-state index contributed by atoms with van der Waals surface area (Å²) in [5, 5.41) is 15.6. The van der Waals surface area contributed by atoms with Gasteiger partial charge in [0.1, 0.15) is 0 Å². The van der Waals surface area contributed by atoms with Crippen molar-refractivity contribution in [2.75, 3.05) is 32.8 Å². The molecule has 1 unspecified atom stereocenters. The third-order valence-corrected chi connectivity index (χ3v) is 6.74. The number of nitrogens with zero attached hydrogens (tertiary/aromatic N) is 2. The zero-order valence-corrected chi connectivity index (χ0v) is 19.7. The van der Waals surface area contributed by atoms with Crippen molar-refractivity contribution < 1.29 is 29.3 Å². The fourth-order valence-corrected chi connectivity index (χ4v) is 5.09. The number of carbonyl (C=O) groups is 3. The van der Waals surface area contributed by atoms with E-state index in [-0.39, 0.29) is 6.09 Å². The lowest BCUT2D eigenvalue weighted by Crippen LogP contribution is -2.50. The summed E-state index contributed by atoms with van der Waals surface area (Å²) in [5.41, 5.74) is 2.81. The predicted molar refractivity (Wildman–Crippen MR) is 128 cm³/mol. The molecule has 2 aliphatic rings. The van der Waals surface area contributed by atoms with Crippen molar-refractivity contribution in [3.8, 4) is 0 Å². The number of piperazine rings is 1. The largest absolute Gasteiger partial charge is 0.478 e. The zero-order chi connectivity index (χ0) is 24.5. The van der Waals surface area contributed by atoms with Crippen molar-refractivity contribution in [2.45, 2.75) is 29.2 Å². The molecule has 1 amide bonds. The van der Waals surface area contributed by atoms with Crippen LogP contribution in [0.3, 0.4) is 0 Å². The number of hydrogen-bond acceptors (Lipinski definition) is 6. The summed E-state index contributed by atoms with van der Waals surface area (Å²) in [6, 6.07) is 17.8. The molecule has 0 spiro atoms. The lowest BCUT2D eigenvalue weighted by molar-refractivity contribution is -0.134. The van der Waals surface area contributed by atoms with Gasteiger partial charge in [-0.1, -0.05) is 48.2 Å². The molecule has 180 valence electrons. The molecular weight excluding hydrogens is 456 g/mol. The number of ether oxygens (including phenoxy) is 1. The molecule has 2 aliphatic heterocycles. The van der Waals surface area contributed by atoms with E-state index in [1.54, 1.807) is 0 Å². The van der Waals surface area contributed by atoms with E-state index in [2.05, 4.69) is 53.4 Å². The van der Waals surface area contributed by atoms with Gasteiger partial charge in [-0.05, 0) is 36.6 Å². The van der Waals surface area contributed by atoms with E-state index >= 15 is 0 Å². The molecule has 0 saturated carbocycles. The molecule has 1 atom stereocenters. The highest BCUT2D eigenvalue weighted by Gasteiger charge is 2.31. The molecule has 0 bridgehead atoms. The first-order valence-corrected chi connectivity index (χ1v) is 11.8. The van der Waals surface area contributed by atoms with E-state index in [9.17, 15) is 14.4 Å². The van der Waals surface area contributed by atoms with Crippen molar-refractivity contribution in [1.29, 1.82) is 0 Å². The predicted octanol–water partition coefficient (Wildman–Crippen LogP) is 3.92. The highest BCUT2D eigenvalue weighted by Crippen LogP contribution is 2.42. The molecule has 1 fully saturated rings. The average molecular weight is 485 g/mol. The van der Waals surface area contributed by atoms with Gasteiger partial charge < -0.3 is 19.8 Å². The topological polar surface area (TPSA) is 107 Å². The number of aliphatic carboxylic acids is 2. The highest BCUT2D eigenvalue weighted by molar-refractivity contribution is 7.99. The van der Waals surface area contributed by atoms with Crippen molar-refractivity contribution in [2.24, 2.45) is 0 Å². The molecule has 0 aliphatic carbocycles. The van der Waals surface area contributed by atoms with Gasteiger partial charge in [0.25, 0.3) is 0 Å². The Morgan fingerprint density at radius 2 is 1.53 bits per heavy atom. The van der Waals surface area contributed by atoms with Gasteiger partial charge in [0, 0.05) is 54.2 Å². The maximum absolute atomic E-state index is 12.0. The first-order valence-electron chi connectivity index (χ1n) is 11.0. The summed E-state index contributed by atoms with van der Waals surface area (Å²) >= 11 is 1.87. The van der Waals surface area contributed by atoms with Gasteiger partial charge in [-0.3, -0.25) is 4.90 Å². The number of amides is 1. The molecule has 4 rings (SSSR count). The van der Waals surface area contributed by atoms with Crippen molar-refractivity contribution in [1.82, 2.24) is 9.80 Å². The summed E-state index contributed by atoms with van der Waals surface area (Å²) in [7, 11) is 0. The van der Waals surface area contributed by atoms with Gasteiger partial charge in [-0.2, -0.15) is 0 Å². The van der Waals surface area contributed by atoms with Gasteiger partial charge in [-0.25, -0.2) is 14.4 Å². The Balaban J connectivity index is 0.000000350. The van der Waals surface area contributed by atoms with E-state index in [1.165, 1.54) is 20.9 Å². The smallest absolute Gasteiger partial charge is 0.409 e. The minimum absolute atomic E-state index is 0.186. The van der Waals surface area contributed by atoms with Gasteiger partial charge in [0.15, 0.2) is 0 Å². The standard InChI is InChI=1S/C21H24N2O2S.C4H4O4/c1-2-25-21(24)23-13-11-22(12-14-23)18-15-16-7-3-5-9-19(16)26-20-10-6-4-8-17(18)20;5-3(6)1-2-4(7)8/h3-10,18H,2,11-15H2,1H3;1-2H,(H,5,6)(H,7,8)/b;2-1-. The fourth-order valence-electron chi connectivity index (χ4n) is 3.96. The van der Waals surface area contributed by atoms with Crippen LogP contribution >= 0.6 is 11.8 Å². The number of benzene rings is 2. The highest BCUT2D eigenvalue weighted by atomic mass is 32.2. The number of carboxylic acids is 2. The third kappa shape index (κ3) is 6.85. The SMILES string of the molecule is CCOC(=O)N1CCN(C2Cc3ccccc3Sc3ccccc32)CC1.O=C(O)/C=C\C(=O)O. The van der Waals surface area contributed by atoms with Crippen LogP contribution in [-0.4, -0.2) is 70.8 Å². The minimum Gasteiger partial charge on any atom is -0.478 e. The van der Waals surface area contributed by atoms with Gasteiger partial charge in [0.2, 0.25) is 0 Å². The van der Waals surface area contributed by atoms with Gasteiger partial charge >= 0.3 is 18.0 Å². The van der Waals surface area contributed by atoms with E-state index in [0.29, 0.717) is 24.8 Å². The monoisotopic (exact) mass is 484 g/mol. The fraction of sp³-hybridized carbons (Fsp3) is 0.320. The summed E-state index contributed by atoms with van der Waals surface area (Å²) in [6.45, 7) is 5.50. The van der Waals surface area contributed by atoms with E-state index in [0.717, 1.165) is 32.6 Å². The van der Waals surface area contributed by atoms with Gasteiger partial charge in [0.05, 0.1) is 6.61 Å². The van der Waals surface area contributed by atoms with E-state index in [4.69, 9.17) is 14.9 Å². The van der Waals surface area contributed by atoms with Crippen molar-refractivity contribution >= 4 is 29.8 Å². The number of hydrogen-bond donors (Lipinski definition) is 2. The average Bonchev–Trinajstić information content (AvgIpc) is 3.00. The molecule has 0 radical (unpaired) electrons. The summed E-state index contributed by atoms with van der Waals surface area (Å²) in [4.78, 5) is 38.1. The Hall–Kier alpha value is -3.30. The second-order valence-electron chi connectivity index (χ2n) is 7.70. The molecule has 1 saturated heterocycles. The van der Waals surface area contributed by atoms with Crippen LogP contribution in [0.15, 0.2) is 70.5 Å². The summed E-state index contributed by atoms with van der Waals surface area (Å²) < 4.78 is 5.15. The molecule has 2 N–H and O–H groups in total. The second kappa shape index (κ2) is 12.2. The van der Waals surface area contributed by atoms with Crippen molar-refractivity contribution in [3.05, 3.63) is 71.8 Å². The van der Waals surface area contributed by atoms with Crippen LogP contribution in [0.2, 0.25) is 0 Å². The maximum Gasteiger partial charge on any atom is 0.409 e. The number of carboxylic acid groups (broad SMARTS) is 2. The Bertz CT molecular complexity index is 1030. The molecule has 9 heteroatoms. The van der Waals surface area contributed by atoms with Crippen LogP contribution < -0.4 is 0 Å². The molecule has 2 aromatic rings. The van der Waals surface area contributed by atoms with Gasteiger partial charge in [-0.15, -0.1) is 0 Å². The van der Waals surface area contributed by atoms with E-state index < -0.39 is 11.9 Å². The number of carbonyl (C=O) groups excluding carboxylic acids is 1. The van der Waals surface area contributed by atoms with Crippen LogP contribution in [0.5, 0.6) is 0 Å². The summed E-state index contributed by atoms with van der Waals surface area (Å²) in [6.07, 6.45) is 1.94. The lowest BCUT2D eigenvalue weighted by Gasteiger charge is -2.39. The van der Waals surface area contributed by atoms with Crippen LogP contribution in [0.25, 0.3) is 0 Å². The molecule has 2 heterocycles. The number of fused-ring (bicyclic) bond motifs is 2. The second-order valence-corrected chi connectivity index (χ2v) is 8.78. The third-order valence-electron chi connectivity index (χ3n) is 5.53. The first-order chi connectivity index (χ1) is 16.4. The molecule has 2 aromatic carbocycles. The molecule has 8 nitrogen and oxygen atoms in total. The minimum atomic E-state index is -1.26. The first kappa shape index (κ1) is 25.3. The van der Waals surface area contributed by atoms with Crippen LogP contribution in [0.1, 0.15) is 24.1 Å². The normalized spacial score (nSPS) is 17.6. The quantitative estimate of drug-likeness (QED) is 0.629. The van der Waals surface area contributed by atoms with Crippen molar-refractivity contribution in [3.63, 3.8) is 0 Å². The summed E-state index contributed by atoms with van der Waals surface area (Å²) in [5.74, 6) is -2.51. The van der Waals surface area contributed by atoms with Crippen LogP contribution in [0.4, 0.5) is 4.79 Å². The van der Waals surface area contributed by atoms with E-state index in [1.807, 2.05) is 23.6 Å².